The molecule has 3 amide bonds. The maximum Gasteiger partial charge on any atom is 0.325 e. The molecule has 0 spiro atoms. The van der Waals surface area contributed by atoms with Gasteiger partial charge < -0.3 is 10.1 Å². The number of benzene rings is 2. The van der Waals surface area contributed by atoms with Crippen molar-refractivity contribution in [2.24, 2.45) is 0 Å². The van der Waals surface area contributed by atoms with E-state index in [1.165, 1.54) is 24.3 Å². The highest BCUT2D eigenvalue weighted by Gasteiger charge is 2.48. The molecule has 1 aliphatic rings. The Bertz CT molecular complexity index is 1010. The lowest BCUT2D eigenvalue weighted by Gasteiger charge is -2.22. The zero-order valence-electron chi connectivity index (χ0n) is 15.3. The van der Waals surface area contributed by atoms with Crippen LogP contribution in [0.3, 0.4) is 0 Å². The normalized spacial score (nSPS) is 19.6. The summed E-state index contributed by atoms with van der Waals surface area (Å²) < 4.78 is 28.8. The molecule has 1 aliphatic heterocycles. The largest absolute Gasteiger partial charge is 0.492 e. The lowest BCUT2D eigenvalue weighted by atomic mass is 9.92. The Labute approximate surface area is 168 Å². The lowest BCUT2D eigenvalue weighted by Crippen LogP contribution is -2.41. The van der Waals surface area contributed by atoms with E-state index in [0.717, 1.165) is 11.2 Å². The van der Waals surface area contributed by atoms with Gasteiger partial charge in [0, 0.05) is 11.3 Å². The summed E-state index contributed by atoms with van der Waals surface area (Å²) in [7, 11) is -3.35. The molecule has 1 saturated heterocycles. The molecular formula is C19H19ClN2O5S. The summed E-state index contributed by atoms with van der Waals surface area (Å²) in [5.41, 5.74) is -0.771. The number of sulfone groups is 1. The van der Waals surface area contributed by atoms with E-state index in [9.17, 15) is 18.0 Å². The highest BCUT2D eigenvalue weighted by molar-refractivity contribution is 7.90. The number of halogens is 1. The number of nitrogens with zero attached hydrogens (tertiary/aromatic N) is 1. The van der Waals surface area contributed by atoms with E-state index in [0.29, 0.717) is 16.3 Å². The third-order valence-corrected chi connectivity index (χ3v) is 5.91. The minimum atomic E-state index is -3.35. The summed E-state index contributed by atoms with van der Waals surface area (Å²) >= 11 is 5.82. The molecule has 0 bridgehead atoms. The van der Waals surface area contributed by atoms with Gasteiger partial charge in [-0.15, -0.1) is 0 Å². The molecule has 9 heteroatoms. The number of imide groups is 1. The zero-order valence-corrected chi connectivity index (χ0v) is 16.9. The highest BCUT2D eigenvalue weighted by Crippen LogP contribution is 2.29. The van der Waals surface area contributed by atoms with Crippen LogP contribution in [0, 0.1) is 0 Å². The van der Waals surface area contributed by atoms with Gasteiger partial charge in [-0.1, -0.05) is 23.7 Å². The van der Waals surface area contributed by atoms with Crippen molar-refractivity contribution in [3.05, 3.63) is 59.1 Å². The minimum absolute atomic E-state index is 0.0737. The first-order chi connectivity index (χ1) is 13.1. The molecular weight excluding hydrogens is 404 g/mol. The Balaban J connectivity index is 1.70. The first-order valence-electron chi connectivity index (χ1n) is 8.44. The maximum absolute atomic E-state index is 12.9. The third-order valence-electron chi connectivity index (χ3n) is 4.53. The highest BCUT2D eigenvalue weighted by atomic mass is 35.5. The number of carbonyl (C=O) groups is 2. The van der Waals surface area contributed by atoms with E-state index in [1.807, 2.05) is 0 Å². The number of rotatable bonds is 6. The third kappa shape index (κ3) is 3.98. The van der Waals surface area contributed by atoms with Crippen molar-refractivity contribution in [1.29, 1.82) is 0 Å². The summed E-state index contributed by atoms with van der Waals surface area (Å²) in [5, 5.41) is 3.26. The molecule has 3 rings (SSSR count). The predicted molar refractivity (Wildman–Crippen MR) is 104 cm³/mol. The van der Waals surface area contributed by atoms with Crippen molar-refractivity contribution in [3.63, 3.8) is 0 Å². The monoisotopic (exact) mass is 422 g/mol. The molecule has 1 atom stereocenters. The Morgan fingerprint density at radius 2 is 1.68 bits per heavy atom. The average Bonchev–Trinajstić information content (AvgIpc) is 2.86. The maximum atomic E-state index is 12.9. The second-order valence-electron chi connectivity index (χ2n) is 6.61. The SMILES string of the molecule is CC1(c2ccc(S(C)(=O)=O)cc2)NC(=O)N(CCOc2ccc(Cl)cc2)C1=O. The molecule has 2 aromatic carbocycles. The molecule has 0 aliphatic carbocycles. The van der Waals surface area contributed by atoms with Gasteiger partial charge in [0.15, 0.2) is 9.84 Å². The fourth-order valence-electron chi connectivity index (χ4n) is 2.92. The summed E-state index contributed by atoms with van der Waals surface area (Å²) in [6.45, 7) is 1.79. The Morgan fingerprint density at radius 3 is 2.25 bits per heavy atom. The van der Waals surface area contributed by atoms with E-state index in [4.69, 9.17) is 16.3 Å². The van der Waals surface area contributed by atoms with Crippen molar-refractivity contribution in [1.82, 2.24) is 10.2 Å². The van der Waals surface area contributed by atoms with Crippen LogP contribution in [0.1, 0.15) is 12.5 Å². The van der Waals surface area contributed by atoms with Gasteiger partial charge in [0.1, 0.15) is 17.9 Å². The van der Waals surface area contributed by atoms with Crippen molar-refractivity contribution < 1.29 is 22.7 Å². The summed E-state index contributed by atoms with van der Waals surface area (Å²) in [5.74, 6) is 0.153. The van der Waals surface area contributed by atoms with E-state index >= 15 is 0 Å². The van der Waals surface area contributed by atoms with Gasteiger partial charge in [0.05, 0.1) is 11.4 Å². The second kappa shape index (κ2) is 7.44. The molecule has 0 radical (unpaired) electrons. The number of hydrogen-bond acceptors (Lipinski definition) is 5. The molecule has 0 aromatic heterocycles. The average molecular weight is 423 g/mol. The quantitative estimate of drug-likeness (QED) is 0.722. The van der Waals surface area contributed by atoms with Crippen LogP contribution in [0.2, 0.25) is 5.02 Å². The molecule has 28 heavy (non-hydrogen) atoms. The van der Waals surface area contributed by atoms with Crippen LogP contribution in [0.4, 0.5) is 4.79 Å². The molecule has 1 heterocycles. The number of carbonyl (C=O) groups excluding carboxylic acids is 2. The molecule has 2 aromatic rings. The summed E-state index contributed by atoms with van der Waals surface area (Å²) in [6, 6.07) is 12.1. The Morgan fingerprint density at radius 1 is 1.07 bits per heavy atom. The molecule has 7 nitrogen and oxygen atoms in total. The van der Waals surface area contributed by atoms with Gasteiger partial charge >= 0.3 is 6.03 Å². The van der Waals surface area contributed by atoms with Crippen LogP contribution in [-0.2, 0) is 20.2 Å². The van der Waals surface area contributed by atoms with E-state index < -0.39 is 27.3 Å². The van der Waals surface area contributed by atoms with Gasteiger partial charge in [-0.25, -0.2) is 13.2 Å². The number of amides is 3. The molecule has 1 fully saturated rings. The number of ether oxygens (including phenoxy) is 1. The van der Waals surface area contributed by atoms with Crippen LogP contribution in [-0.4, -0.2) is 44.7 Å². The Kier molecular flexibility index (Phi) is 5.36. The van der Waals surface area contributed by atoms with Gasteiger partial charge in [-0.3, -0.25) is 9.69 Å². The molecule has 1 unspecified atom stereocenters. The standard InChI is InChI=1S/C19H19ClN2O5S/c1-19(13-3-9-16(10-4-13)28(2,25)26)17(23)22(18(24)21-19)11-12-27-15-7-5-14(20)6-8-15/h3-10H,11-12H2,1-2H3,(H,21,24). The van der Waals surface area contributed by atoms with E-state index in [1.54, 1.807) is 31.2 Å². The lowest BCUT2D eigenvalue weighted by molar-refractivity contribution is -0.131. The topological polar surface area (TPSA) is 92.8 Å². The van der Waals surface area contributed by atoms with Crippen molar-refractivity contribution in [2.45, 2.75) is 17.4 Å². The van der Waals surface area contributed by atoms with E-state index in [2.05, 4.69) is 5.32 Å². The van der Waals surface area contributed by atoms with Gasteiger partial charge in [-0.05, 0) is 48.9 Å². The zero-order chi connectivity index (χ0) is 20.5. The fourth-order valence-corrected chi connectivity index (χ4v) is 3.67. The predicted octanol–water partition coefficient (Wildman–Crippen LogP) is 2.59. The van der Waals surface area contributed by atoms with Crippen molar-refractivity contribution in [3.8, 4) is 5.75 Å². The van der Waals surface area contributed by atoms with E-state index in [-0.39, 0.29) is 18.0 Å². The van der Waals surface area contributed by atoms with Gasteiger partial charge in [0.2, 0.25) is 0 Å². The molecule has 148 valence electrons. The van der Waals surface area contributed by atoms with Gasteiger partial charge in [0.25, 0.3) is 5.91 Å². The summed E-state index contributed by atoms with van der Waals surface area (Å²) in [6.07, 6.45) is 1.11. The minimum Gasteiger partial charge on any atom is -0.492 e. The smallest absolute Gasteiger partial charge is 0.325 e. The number of nitrogens with one attached hydrogen (secondary N) is 1. The van der Waals surface area contributed by atoms with Crippen molar-refractivity contribution >= 4 is 33.4 Å². The van der Waals surface area contributed by atoms with Gasteiger partial charge in [-0.2, -0.15) is 0 Å². The Hall–Kier alpha value is -2.58. The second-order valence-corrected chi connectivity index (χ2v) is 9.06. The van der Waals surface area contributed by atoms with Crippen LogP contribution in [0.5, 0.6) is 5.75 Å². The number of urea groups is 1. The first kappa shape index (κ1) is 20.2. The molecule has 1 N–H and O–H groups in total. The summed E-state index contributed by atoms with van der Waals surface area (Å²) in [4.78, 5) is 26.4. The van der Waals surface area contributed by atoms with Crippen LogP contribution in [0.15, 0.2) is 53.4 Å². The van der Waals surface area contributed by atoms with Crippen LogP contribution < -0.4 is 10.1 Å². The van der Waals surface area contributed by atoms with Crippen LogP contribution >= 0.6 is 11.6 Å². The molecule has 0 saturated carbocycles. The van der Waals surface area contributed by atoms with Crippen LogP contribution in [0.25, 0.3) is 0 Å². The fraction of sp³-hybridized carbons (Fsp3) is 0.263. The van der Waals surface area contributed by atoms with Crippen molar-refractivity contribution in [2.75, 3.05) is 19.4 Å². The number of hydrogen-bond donors (Lipinski definition) is 1. The first-order valence-corrected chi connectivity index (χ1v) is 10.7.